The molecule has 0 aliphatic rings. The third-order valence-electron chi connectivity index (χ3n) is 4.57. The lowest BCUT2D eigenvalue weighted by Crippen LogP contribution is -2.11. The third-order valence-corrected chi connectivity index (χ3v) is 5.85. The Kier molecular flexibility index (Phi) is 5.78. The molecule has 2 aromatic carbocycles. The number of imidazole rings is 1. The van der Waals surface area contributed by atoms with Gasteiger partial charge in [0.2, 0.25) is 5.91 Å². The van der Waals surface area contributed by atoms with Crippen LogP contribution in [0, 0.1) is 0 Å². The Morgan fingerprint density at radius 2 is 1.97 bits per heavy atom. The summed E-state index contributed by atoms with van der Waals surface area (Å²) in [5.74, 6) is -0.0558. The molecule has 0 saturated carbocycles. The summed E-state index contributed by atoms with van der Waals surface area (Å²) in [6, 6.07) is 13.5. The maximum absolute atomic E-state index is 12.2. The number of aromatic nitrogens is 3. The second kappa shape index (κ2) is 8.63. The number of aromatic amines is 2. The second-order valence-electron chi connectivity index (χ2n) is 6.76. The molecule has 6 nitrogen and oxygen atoms in total. The highest BCUT2D eigenvalue weighted by Gasteiger charge is 2.09. The van der Waals surface area contributed by atoms with Crippen molar-refractivity contribution in [3.8, 4) is 0 Å². The molecule has 0 aliphatic heterocycles. The number of halogens is 1. The van der Waals surface area contributed by atoms with E-state index < -0.39 is 0 Å². The molecule has 4 rings (SSSR count). The number of nitrogens with zero attached hydrogens (tertiary/aromatic N) is 1. The summed E-state index contributed by atoms with van der Waals surface area (Å²) in [6.07, 6.45) is 4.34. The van der Waals surface area contributed by atoms with Gasteiger partial charge >= 0.3 is 5.69 Å². The predicted molar refractivity (Wildman–Crippen MR) is 117 cm³/mol. The Morgan fingerprint density at radius 1 is 1.14 bits per heavy atom. The smallest absolute Gasteiger partial charge is 0.306 e. The standard InChI is InChI=1S/C21H19ClN4O2S/c22-16-6-2-1-5-14(16)11-15-12-23-21(29-15)26-19(27)7-3-4-13-8-9-17-18(10-13)25-20(28)24-17/h1-2,5-6,8-10,12H,3-4,7,11H2,(H,23,26,27)(H2,24,25,28). The van der Waals surface area contributed by atoms with Crippen molar-refractivity contribution in [1.82, 2.24) is 15.0 Å². The summed E-state index contributed by atoms with van der Waals surface area (Å²) >= 11 is 7.66. The van der Waals surface area contributed by atoms with Crippen LogP contribution in [0.25, 0.3) is 11.0 Å². The number of carbonyl (C=O) groups is 1. The number of thiazole rings is 1. The van der Waals surface area contributed by atoms with E-state index in [1.165, 1.54) is 11.3 Å². The first-order chi connectivity index (χ1) is 14.1. The summed E-state index contributed by atoms with van der Waals surface area (Å²) in [5.41, 5.74) is 3.47. The fraction of sp³-hybridized carbons (Fsp3) is 0.190. The number of benzene rings is 2. The minimum Gasteiger partial charge on any atom is -0.306 e. The van der Waals surface area contributed by atoms with Crippen LogP contribution in [0.15, 0.2) is 53.5 Å². The molecule has 148 valence electrons. The van der Waals surface area contributed by atoms with Gasteiger partial charge in [0.05, 0.1) is 11.0 Å². The number of aryl methyl sites for hydroxylation is 1. The topological polar surface area (TPSA) is 90.6 Å². The van der Waals surface area contributed by atoms with Gasteiger partial charge in [-0.25, -0.2) is 9.78 Å². The first-order valence-corrected chi connectivity index (χ1v) is 10.5. The minimum atomic E-state index is -0.214. The molecule has 0 unspecified atom stereocenters. The van der Waals surface area contributed by atoms with Crippen molar-refractivity contribution in [1.29, 1.82) is 0 Å². The maximum atomic E-state index is 12.2. The predicted octanol–water partition coefficient (Wildman–Crippen LogP) is 4.52. The zero-order valence-corrected chi connectivity index (χ0v) is 17.1. The van der Waals surface area contributed by atoms with Crippen molar-refractivity contribution in [2.75, 3.05) is 5.32 Å². The van der Waals surface area contributed by atoms with Gasteiger partial charge < -0.3 is 15.3 Å². The number of nitrogens with one attached hydrogen (secondary N) is 3. The monoisotopic (exact) mass is 426 g/mol. The van der Waals surface area contributed by atoms with Crippen LogP contribution >= 0.6 is 22.9 Å². The number of hydrogen-bond acceptors (Lipinski definition) is 4. The van der Waals surface area contributed by atoms with E-state index >= 15 is 0 Å². The Balaban J connectivity index is 1.28. The molecule has 2 heterocycles. The van der Waals surface area contributed by atoms with Gasteiger partial charge in [-0.15, -0.1) is 11.3 Å². The zero-order valence-electron chi connectivity index (χ0n) is 15.5. The lowest BCUT2D eigenvalue weighted by Gasteiger charge is -2.03. The van der Waals surface area contributed by atoms with Crippen molar-refractivity contribution in [3.05, 3.63) is 80.2 Å². The molecule has 0 radical (unpaired) electrons. The molecular weight excluding hydrogens is 408 g/mol. The van der Waals surface area contributed by atoms with Crippen molar-refractivity contribution in [3.63, 3.8) is 0 Å². The minimum absolute atomic E-state index is 0.0558. The Labute approximate surface area is 176 Å². The van der Waals surface area contributed by atoms with Crippen LogP contribution in [-0.2, 0) is 17.6 Å². The molecule has 1 amide bonds. The van der Waals surface area contributed by atoms with Gasteiger partial charge in [-0.2, -0.15) is 0 Å². The second-order valence-corrected chi connectivity index (χ2v) is 8.28. The van der Waals surface area contributed by atoms with Crippen LogP contribution < -0.4 is 11.0 Å². The maximum Gasteiger partial charge on any atom is 0.323 e. The summed E-state index contributed by atoms with van der Waals surface area (Å²) in [5, 5.41) is 4.20. The molecule has 0 saturated heterocycles. The first-order valence-electron chi connectivity index (χ1n) is 9.26. The fourth-order valence-corrected chi connectivity index (χ4v) is 4.20. The molecule has 0 bridgehead atoms. The van der Waals surface area contributed by atoms with E-state index in [0.717, 1.165) is 38.5 Å². The van der Waals surface area contributed by atoms with Gasteiger partial charge in [-0.1, -0.05) is 35.9 Å². The van der Waals surface area contributed by atoms with E-state index in [1.54, 1.807) is 6.20 Å². The van der Waals surface area contributed by atoms with Crippen molar-refractivity contribution < 1.29 is 4.79 Å². The van der Waals surface area contributed by atoms with Crippen LogP contribution in [0.3, 0.4) is 0 Å². The van der Waals surface area contributed by atoms with Crippen molar-refractivity contribution in [2.45, 2.75) is 25.7 Å². The van der Waals surface area contributed by atoms with Gasteiger partial charge in [0, 0.05) is 28.9 Å². The van der Waals surface area contributed by atoms with Crippen molar-refractivity contribution >= 4 is 45.0 Å². The summed E-state index contributed by atoms with van der Waals surface area (Å²) < 4.78 is 0. The van der Waals surface area contributed by atoms with E-state index in [0.29, 0.717) is 24.4 Å². The van der Waals surface area contributed by atoms with Gasteiger partial charge in [-0.3, -0.25) is 4.79 Å². The normalized spacial score (nSPS) is 11.1. The number of H-pyrrole nitrogens is 2. The Bertz CT molecular complexity index is 1210. The van der Waals surface area contributed by atoms with E-state index in [1.807, 2.05) is 42.5 Å². The van der Waals surface area contributed by atoms with Gasteiger partial charge in [0.15, 0.2) is 5.13 Å². The SMILES string of the molecule is O=C(CCCc1ccc2[nH]c(=O)[nH]c2c1)Nc1ncc(Cc2ccccc2Cl)s1. The van der Waals surface area contributed by atoms with Crippen LogP contribution in [-0.4, -0.2) is 20.9 Å². The number of amides is 1. The summed E-state index contributed by atoms with van der Waals surface area (Å²) in [7, 11) is 0. The van der Waals surface area contributed by atoms with Crippen LogP contribution in [0.1, 0.15) is 28.8 Å². The number of rotatable bonds is 7. The molecular formula is C21H19ClN4O2S. The number of anilines is 1. The largest absolute Gasteiger partial charge is 0.323 e. The molecule has 3 N–H and O–H groups in total. The van der Waals surface area contributed by atoms with E-state index in [-0.39, 0.29) is 11.6 Å². The van der Waals surface area contributed by atoms with Crippen LogP contribution in [0.2, 0.25) is 5.02 Å². The zero-order chi connectivity index (χ0) is 20.2. The van der Waals surface area contributed by atoms with E-state index in [2.05, 4.69) is 20.3 Å². The number of fused-ring (bicyclic) bond motifs is 1. The molecule has 4 aromatic rings. The highest BCUT2D eigenvalue weighted by molar-refractivity contribution is 7.15. The number of carbonyl (C=O) groups excluding carboxylic acids is 1. The molecule has 2 aromatic heterocycles. The Hall–Kier alpha value is -2.90. The summed E-state index contributed by atoms with van der Waals surface area (Å²) in [6.45, 7) is 0. The first kappa shape index (κ1) is 19.4. The van der Waals surface area contributed by atoms with Gasteiger partial charge in [0.25, 0.3) is 0 Å². The average molecular weight is 427 g/mol. The number of hydrogen-bond donors (Lipinski definition) is 3. The van der Waals surface area contributed by atoms with Crippen LogP contribution in [0.5, 0.6) is 0 Å². The quantitative estimate of drug-likeness (QED) is 0.405. The van der Waals surface area contributed by atoms with Gasteiger partial charge in [0.1, 0.15) is 0 Å². The molecule has 0 spiro atoms. The third kappa shape index (κ3) is 4.93. The highest BCUT2D eigenvalue weighted by Crippen LogP contribution is 2.24. The Morgan fingerprint density at radius 3 is 2.83 bits per heavy atom. The molecule has 0 aliphatic carbocycles. The average Bonchev–Trinajstić information content (AvgIpc) is 3.28. The lowest BCUT2D eigenvalue weighted by atomic mass is 10.1. The van der Waals surface area contributed by atoms with Crippen molar-refractivity contribution in [2.24, 2.45) is 0 Å². The van der Waals surface area contributed by atoms with Crippen LogP contribution in [0.4, 0.5) is 5.13 Å². The summed E-state index contributed by atoms with van der Waals surface area (Å²) in [4.78, 5) is 34.3. The molecule has 0 fully saturated rings. The van der Waals surface area contributed by atoms with E-state index in [9.17, 15) is 9.59 Å². The molecule has 29 heavy (non-hydrogen) atoms. The lowest BCUT2D eigenvalue weighted by molar-refractivity contribution is -0.116. The van der Waals surface area contributed by atoms with Gasteiger partial charge in [-0.05, 0) is 42.2 Å². The fourth-order valence-electron chi connectivity index (χ4n) is 3.15. The molecule has 8 heteroatoms. The van der Waals surface area contributed by atoms with E-state index in [4.69, 9.17) is 11.6 Å². The highest BCUT2D eigenvalue weighted by atomic mass is 35.5. The molecule has 0 atom stereocenters.